The number of anilines is 1. The van der Waals surface area contributed by atoms with Crippen molar-refractivity contribution in [2.75, 3.05) is 5.32 Å². The van der Waals surface area contributed by atoms with Crippen molar-refractivity contribution in [3.05, 3.63) is 53.3 Å². The van der Waals surface area contributed by atoms with Crippen LogP contribution in [0.25, 0.3) is 11.0 Å². The first kappa shape index (κ1) is 17.1. The van der Waals surface area contributed by atoms with E-state index in [0.29, 0.717) is 22.5 Å². The van der Waals surface area contributed by atoms with Crippen LogP contribution in [-0.2, 0) is 0 Å². The van der Waals surface area contributed by atoms with Crippen LogP contribution >= 0.6 is 0 Å². The van der Waals surface area contributed by atoms with Gasteiger partial charge in [0.25, 0.3) is 5.91 Å². The van der Waals surface area contributed by atoms with E-state index >= 15 is 0 Å². The third-order valence-corrected chi connectivity index (χ3v) is 4.15. The lowest BCUT2D eigenvalue weighted by Gasteiger charge is -2.14. The molecule has 130 valence electrons. The van der Waals surface area contributed by atoms with Crippen LogP contribution in [0.15, 0.2) is 36.5 Å². The maximum Gasteiger partial charge on any atom is 0.257 e. The molecule has 0 fully saturated rings. The Morgan fingerprint density at radius 2 is 1.96 bits per heavy atom. The van der Waals surface area contributed by atoms with Crippen LogP contribution in [0.1, 0.15) is 54.5 Å². The van der Waals surface area contributed by atoms with Crippen molar-refractivity contribution in [3.63, 3.8) is 0 Å². The number of aliphatic hydroxyl groups excluding tert-OH is 1. The SMILES string of the molecule is Cc1nc2c(cnn2C(C)C)cc1C(=O)Nc1ccccc1C(C)O. The number of hydrogen-bond donors (Lipinski definition) is 2. The second kappa shape index (κ2) is 6.64. The maximum absolute atomic E-state index is 12.7. The first-order valence-corrected chi connectivity index (χ1v) is 8.31. The molecule has 1 unspecified atom stereocenters. The number of aliphatic hydroxyl groups is 1. The second-order valence-corrected chi connectivity index (χ2v) is 6.43. The first-order valence-electron chi connectivity index (χ1n) is 8.31. The summed E-state index contributed by atoms with van der Waals surface area (Å²) < 4.78 is 1.84. The quantitative estimate of drug-likeness (QED) is 0.761. The number of pyridine rings is 1. The third kappa shape index (κ3) is 3.25. The fourth-order valence-electron chi connectivity index (χ4n) is 2.84. The molecular weight excluding hydrogens is 316 g/mol. The number of aryl methyl sites for hydroxylation is 1. The van der Waals surface area contributed by atoms with Gasteiger partial charge in [0.15, 0.2) is 5.65 Å². The molecule has 0 spiro atoms. The molecule has 0 saturated carbocycles. The van der Waals surface area contributed by atoms with Crippen molar-refractivity contribution in [1.29, 1.82) is 0 Å². The third-order valence-electron chi connectivity index (χ3n) is 4.15. The largest absolute Gasteiger partial charge is 0.389 e. The lowest BCUT2D eigenvalue weighted by molar-refractivity contribution is 0.102. The van der Waals surface area contributed by atoms with E-state index in [1.807, 2.05) is 43.7 Å². The van der Waals surface area contributed by atoms with Crippen LogP contribution in [0.4, 0.5) is 5.69 Å². The Balaban J connectivity index is 1.97. The van der Waals surface area contributed by atoms with Crippen molar-refractivity contribution in [2.45, 2.75) is 39.8 Å². The fourth-order valence-corrected chi connectivity index (χ4v) is 2.84. The predicted molar refractivity (Wildman–Crippen MR) is 97.7 cm³/mol. The van der Waals surface area contributed by atoms with Crippen molar-refractivity contribution in [3.8, 4) is 0 Å². The number of benzene rings is 1. The summed E-state index contributed by atoms with van der Waals surface area (Å²) in [5.41, 5.74) is 3.18. The Kier molecular flexibility index (Phi) is 4.55. The van der Waals surface area contributed by atoms with Crippen LogP contribution in [-0.4, -0.2) is 25.8 Å². The highest BCUT2D eigenvalue weighted by Crippen LogP contribution is 2.24. The molecular formula is C19H22N4O2. The molecule has 1 amide bonds. The molecule has 25 heavy (non-hydrogen) atoms. The normalized spacial score (nSPS) is 12.6. The first-order chi connectivity index (χ1) is 11.9. The van der Waals surface area contributed by atoms with Crippen LogP contribution in [0, 0.1) is 6.92 Å². The number of rotatable bonds is 4. The van der Waals surface area contributed by atoms with Gasteiger partial charge in [-0.3, -0.25) is 4.79 Å². The van der Waals surface area contributed by atoms with Gasteiger partial charge in [-0.05, 0) is 39.8 Å². The number of amides is 1. The van der Waals surface area contributed by atoms with Crippen LogP contribution < -0.4 is 5.32 Å². The molecule has 2 N–H and O–H groups in total. The Morgan fingerprint density at radius 1 is 1.24 bits per heavy atom. The van der Waals surface area contributed by atoms with Crippen molar-refractivity contribution >= 4 is 22.6 Å². The van der Waals surface area contributed by atoms with Gasteiger partial charge in [-0.1, -0.05) is 18.2 Å². The summed E-state index contributed by atoms with van der Waals surface area (Å²) in [4.78, 5) is 17.3. The summed E-state index contributed by atoms with van der Waals surface area (Å²) in [5, 5.41) is 17.9. The number of para-hydroxylation sites is 1. The molecule has 0 aliphatic carbocycles. The minimum absolute atomic E-state index is 0.196. The molecule has 3 rings (SSSR count). The number of aromatic nitrogens is 3. The molecule has 0 aliphatic heterocycles. The molecule has 6 nitrogen and oxygen atoms in total. The van der Waals surface area contributed by atoms with Crippen molar-refractivity contribution in [2.24, 2.45) is 0 Å². The average Bonchev–Trinajstić information content (AvgIpc) is 2.97. The van der Waals surface area contributed by atoms with Crippen LogP contribution in [0.2, 0.25) is 0 Å². The highest BCUT2D eigenvalue weighted by Gasteiger charge is 2.17. The lowest BCUT2D eigenvalue weighted by atomic mass is 10.1. The Labute approximate surface area is 146 Å². The summed E-state index contributed by atoms with van der Waals surface area (Å²) in [6.07, 6.45) is 1.06. The van der Waals surface area contributed by atoms with E-state index in [2.05, 4.69) is 15.4 Å². The highest BCUT2D eigenvalue weighted by molar-refractivity contribution is 6.07. The standard InChI is InChI=1S/C19H22N4O2/c1-11(2)23-18-14(10-20-23)9-16(12(3)21-18)19(25)22-17-8-6-5-7-15(17)13(4)24/h5-11,13,24H,1-4H3,(H,22,25). The second-order valence-electron chi connectivity index (χ2n) is 6.43. The van der Waals surface area contributed by atoms with E-state index in [-0.39, 0.29) is 11.9 Å². The van der Waals surface area contributed by atoms with Gasteiger partial charge >= 0.3 is 0 Å². The molecule has 0 saturated heterocycles. The number of nitrogens with zero attached hydrogens (tertiary/aromatic N) is 3. The zero-order chi connectivity index (χ0) is 18.1. The zero-order valence-electron chi connectivity index (χ0n) is 14.8. The highest BCUT2D eigenvalue weighted by atomic mass is 16.3. The van der Waals surface area contributed by atoms with Crippen LogP contribution in [0.5, 0.6) is 0 Å². The Hall–Kier alpha value is -2.73. The summed E-state index contributed by atoms with van der Waals surface area (Å²) in [6.45, 7) is 7.56. The Bertz CT molecular complexity index is 928. The molecule has 1 atom stereocenters. The van der Waals surface area contributed by atoms with Gasteiger partial charge < -0.3 is 10.4 Å². The smallest absolute Gasteiger partial charge is 0.257 e. The van der Waals surface area contributed by atoms with Gasteiger partial charge in [0.05, 0.1) is 23.6 Å². The molecule has 2 aromatic heterocycles. The van der Waals surface area contributed by atoms with Crippen LogP contribution in [0.3, 0.4) is 0 Å². The van der Waals surface area contributed by atoms with E-state index in [0.717, 1.165) is 11.0 Å². The minimum atomic E-state index is -0.664. The van der Waals surface area contributed by atoms with Gasteiger partial charge in [0.1, 0.15) is 0 Å². The number of carbonyl (C=O) groups is 1. The molecule has 0 bridgehead atoms. The molecule has 2 heterocycles. The lowest BCUT2D eigenvalue weighted by Crippen LogP contribution is -2.16. The maximum atomic E-state index is 12.7. The monoisotopic (exact) mass is 338 g/mol. The summed E-state index contributed by atoms with van der Waals surface area (Å²) in [7, 11) is 0. The molecule has 0 aliphatic rings. The van der Waals surface area contributed by atoms with E-state index in [9.17, 15) is 9.90 Å². The van der Waals surface area contributed by atoms with E-state index in [1.54, 1.807) is 25.3 Å². The summed E-state index contributed by atoms with van der Waals surface area (Å²) >= 11 is 0. The molecule has 3 aromatic rings. The average molecular weight is 338 g/mol. The van der Waals surface area contributed by atoms with E-state index in [4.69, 9.17) is 0 Å². The summed E-state index contributed by atoms with van der Waals surface area (Å²) in [6, 6.07) is 9.23. The summed E-state index contributed by atoms with van der Waals surface area (Å²) in [5.74, 6) is -0.253. The van der Waals surface area contributed by atoms with Gasteiger partial charge in [-0.15, -0.1) is 0 Å². The fraction of sp³-hybridized carbons (Fsp3) is 0.316. The molecule has 6 heteroatoms. The van der Waals surface area contributed by atoms with Gasteiger partial charge in [0, 0.05) is 22.7 Å². The van der Waals surface area contributed by atoms with Gasteiger partial charge in [-0.2, -0.15) is 5.10 Å². The van der Waals surface area contributed by atoms with Gasteiger partial charge in [0.2, 0.25) is 0 Å². The minimum Gasteiger partial charge on any atom is -0.389 e. The van der Waals surface area contributed by atoms with Crippen molar-refractivity contribution < 1.29 is 9.90 Å². The number of hydrogen-bond acceptors (Lipinski definition) is 4. The number of carbonyl (C=O) groups excluding carboxylic acids is 1. The molecule has 1 aromatic carbocycles. The number of fused-ring (bicyclic) bond motifs is 1. The topological polar surface area (TPSA) is 80.0 Å². The van der Waals surface area contributed by atoms with E-state index in [1.165, 1.54) is 0 Å². The zero-order valence-corrected chi connectivity index (χ0v) is 14.8. The molecule has 0 radical (unpaired) electrons. The van der Waals surface area contributed by atoms with E-state index < -0.39 is 6.10 Å². The number of nitrogens with one attached hydrogen (secondary N) is 1. The predicted octanol–water partition coefficient (Wildman–Crippen LogP) is 3.63. The van der Waals surface area contributed by atoms with Crippen molar-refractivity contribution in [1.82, 2.24) is 14.8 Å². The van der Waals surface area contributed by atoms with Gasteiger partial charge in [-0.25, -0.2) is 9.67 Å². The Morgan fingerprint density at radius 3 is 2.64 bits per heavy atom.